The van der Waals surface area contributed by atoms with Gasteiger partial charge in [0, 0.05) is 17.7 Å². The van der Waals surface area contributed by atoms with Gasteiger partial charge in [0.1, 0.15) is 11.5 Å². The Kier molecular flexibility index (Phi) is 4.45. The van der Waals surface area contributed by atoms with Crippen LogP contribution in [0.2, 0.25) is 0 Å². The number of methoxy groups -OCH3 is 2. The van der Waals surface area contributed by atoms with E-state index in [0.29, 0.717) is 17.1 Å². The lowest BCUT2D eigenvalue weighted by molar-refractivity contribution is -0.120. The van der Waals surface area contributed by atoms with E-state index in [2.05, 4.69) is 10.6 Å². The van der Waals surface area contributed by atoms with E-state index in [-0.39, 0.29) is 24.4 Å². The second-order valence-electron chi connectivity index (χ2n) is 4.63. The Bertz CT molecular complexity index is 490. The third-order valence-corrected chi connectivity index (χ3v) is 2.97. The lowest BCUT2D eigenvalue weighted by Gasteiger charge is -2.09. The van der Waals surface area contributed by atoms with Crippen molar-refractivity contribution in [3.63, 3.8) is 0 Å². The maximum absolute atomic E-state index is 12.0. The van der Waals surface area contributed by atoms with Crippen molar-refractivity contribution >= 4 is 11.8 Å². The number of carbonyl (C=O) groups excluding carboxylic acids is 2. The molecular formula is C14H18N2O4. The number of benzene rings is 1. The van der Waals surface area contributed by atoms with Gasteiger partial charge in [0.25, 0.3) is 5.91 Å². The molecule has 1 aliphatic rings. The molecule has 1 fully saturated rings. The van der Waals surface area contributed by atoms with E-state index in [9.17, 15) is 9.59 Å². The standard InChI is InChI=1S/C14H18N2O4/c1-19-11-5-9(6-12(7-11)20-2)14(18)15-8-13(17)16-10-3-4-10/h5-7,10H,3-4,8H2,1-2H3,(H,15,18)(H,16,17). The van der Waals surface area contributed by atoms with E-state index >= 15 is 0 Å². The van der Waals surface area contributed by atoms with Gasteiger partial charge in [-0.25, -0.2) is 0 Å². The monoisotopic (exact) mass is 278 g/mol. The molecule has 2 amide bonds. The first-order valence-electron chi connectivity index (χ1n) is 6.43. The fraction of sp³-hybridized carbons (Fsp3) is 0.429. The number of nitrogens with one attached hydrogen (secondary N) is 2. The van der Waals surface area contributed by atoms with Gasteiger partial charge in [0.15, 0.2) is 0 Å². The van der Waals surface area contributed by atoms with Crippen LogP contribution < -0.4 is 20.1 Å². The molecule has 108 valence electrons. The molecule has 1 aliphatic carbocycles. The van der Waals surface area contributed by atoms with Crippen molar-refractivity contribution in [1.82, 2.24) is 10.6 Å². The molecule has 2 rings (SSSR count). The minimum atomic E-state index is -0.340. The number of hydrogen-bond acceptors (Lipinski definition) is 4. The average Bonchev–Trinajstić information content (AvgIpc) is 3.27. The predicted molar refractivity (Wildman–Crippen MR) is 73.0 cm³/mol. The molecule has 0 bridgehead atoms. The molecule has 0 atom stereocenters. The molecule has 0 radical (unpaired) electrons. The lowest BCUT2D eigenvalue weighted by Crippen LogP contribution is -2.37. The molecule has 1 saturated carbocycles. The summed E-state index contributed by atoms with van der Waals surface area (Å²) < 4.78 is 10.2. The SMILES string of the molecule is COc1cc(OC)cc(C(=O)NCC(=O)NC2CC2)c1. The van der Waals surface area contributed by atoms with Crippen molar-refractivity contribution in [3.8, 4) is 11.5 Å². The van der Waals surface area contributed by atoms with Crippen LogP contribution in [-0.2, 0) is 4.79 Å². The first-order chi connectivity index (χ1) is 9.62. The zero-order valence-corrected chi connectivity index (χ0v) is 11.6. The molecule has 2 N–H and O–H groups in total. The normalized spacial score (nSPS) is 13.5. The van der Waals surface area contributed by atoms with E-state index in [1.54, 1.807) is 18.2 Å². The predicted octanol–water partition coefficient (Wildman–Crippen LogP) is 0.712. The summed E-state index contributed by atoms with van der Waals surface area (Å²) >= 11 is 0. The fourth-order valence-corrected chi connectivity index (χ4v) is 1.71. The smallest absolute Gasteiger partial charge is 0.251 e. The van der Waals surface area contributed by atoms with Crippen LogP contribution in [0.5, 0.6) is 11.5 Å². The van der Waals surface area contributed by atoms with E-state index in [1.807, 2.05) is 0 Å². The minimum absolute atomic E-state index is 0.0329. The van der Waals surface area contributed by atoms with Crippen molar-refractivity contribution < 1.29 is 19.1 Å². The topological polar surface area (TPSA) is 76.7 Å². The molecule has 0 aromatic heterocycles. The number of carbonyl (C=O) groups is 2. The lowest BCUT2D eigenvalue weighted by atomic mass is 10.2. The Hall–Kier alpha value is -2.24. The Morgan fingerprint density at radius 3 is 2.25 bits per heavy atom. The van der Waals surface area contributed by atoms with Crippen LogP contribution in [0.25, 0.3) is 0 Å². The van der Waals surface area contributed by atoms with Gasteiger partial charge in [-0.15, -0.1) is 0 Å². The highest BCUT2D eigenvalue weighted by Crippen LogP contribution is 2.22. The first-order valence-corrected chi connectivity index (χ1v) is 6.43. The van der Waals surface area contributed by atoms with E-state index < -0.39 is 0 Å². The van der Waals surface area contributed by atoms with Crippen LogP contribution in [0.15, 0.2) is 18.2 Å². The van der Waals surface area contributed by atoms with Gasteiger partial charge in [0.2, 0.25) is 5.91 Å². The van der Waals surface area contributed by atoms with Crippen LogP contribution >= 0.6 is 0 Å². The summed E-state index contributed by atoms with van der Waals surface area (Å²) in [6, 6.07) is 5.15. The summed E-state index contributed by atoms with van der Waals surface area (Å²) in [5.41, 5.74) is 0.389. The maximum atomic E-state index is 12.0. The van der Waals surface area contributed by atoms with Crippen LogP contribution in [0, 0.1) is 0 Å². The van der Waals surface area contributed by atoms with Gasteiger partial charge in [-0.05, 0) is 25.0 Å². The minimum Gasteiger partial charge on any atom is -0.497 e. The van der Waals surface area contributed by atoms with Crippen LogP contribution in [0.3, 0.4) is 0 Å². The van der Waals surface area contributed by atoms with Gasteiger partial charge < -0.3 is 20.1 Å². The number of hydrogen-bond donors (Lipinski definition) is 2. The molecule has 6 nitrogen and oxygen atoms in total. The molecule has 20 heavy (non-hydrogen) atoms. The molecular weight excluding hydrogens is 260 g/mol. The van der Waals surface area contributed by atoms with Gasteiger partial charge in [0.05, 0.1) is 20.8 Å². The first kappa shape index (κ1) is 14.2. The second-order valence-corrected chi connectivity index (χ2v) is 4.63. The summed E-state index contributed by atoms with van der Waals surface area (Å²) in [7, 11) is 3.03. The Morgan fingerprint density at radius 1 is 1.15 bits per heavy atom. The van der Waals surface area contributed by atoms with Gasteiger partial charge in [-0.2, -0.15) is 0 Å². The van der Waals surface area contributed by atoms with Crippen molar-refractivity contribution in [2.75, 3.05) is 20.8 Å². The van der Waals surface area contributed by atoms with Crippen molar-refractivity contribution in [1.29, 1.82) is 0 Å². The number of rotatable bonds is 6. The molecule has 0 heterocycles. The quantitative estimate of drug-likeness (QED) is 0.803. The highest BCUT2D eigenvalue weighted by molar-refractivity contribution is 5.97. The number of amides is 2. The molecule has 1 aromatic carbocycles. The summed E-state index contributed by atoms with van der Waals surface area (Å²) in [5.74, 6) is 0.540. The Morgan fingerprint density at radius 2 is 1.75 bits per heavy atom. The molecule has 0 unspecified atom stereocenters. The van der Waals surface area contributed by atoms with E-state index in [1.165, 1.54) is 14.2 Å². The summed E-state index contributed by atoms with van der Waals surface area (Å²) in [6.45, 7) is -0.0329. The molecule has 0 saturated heterocycles. The fourth-order valence-electron chi connectivity index (χ4n) is 1.71. The third kappa shape index (κ3) is 3.88. The third-order valence-electron chi connectivity index (χ3n) is 2.97. The van der Waals surface area contributed by atoms with E-state index in [0.717, 1.165) is 12.8 Å². The van der Waals surface area contributed by atoms with Crippen LogP contribution in [0.1, 0.15) is 23.2 Å². The summed E-state index contributed by atoms with van der Waals surface area (Å²) in [4.78, 5) is 23.5. The van der Waals surface area contributed by atoms with Gasteiger partial charge in [-0.3, -0.25) is 9.59 Å². The Balaban J connectivity index is 1.95. The molecule has 0 spiro atoms. The van der Waals surface area contributed by atoms with Crippen molar-refractivity contribution in [3.05, 3.63) is 23.8 Å². The van der Waals surface area contributed by atoms with Crippen molar-refractivity contribution in [2.24, 2.45) is 0 Å². The zero-order chi connectivity index (χ0) is 14.5. The highest BCUT2D eigenvalue weighted by atomic mass is 16.5. The molecule has 6 heteroatoms. The van der Waals surface area contributed by atoms with Crippen molar-refractivity contribution in [2.45, 2.75) is 18.9 Å². The molecule has 1 aromatic rings. The van der Waals surface area contributed by atoms with Gasteiger partial charge in [-0.1, -0.05) is 0 Å². The summed E-state index contributed by atoms with van der Waals surface area (Å²) in [6.07, 6.45) is 2.04. The highest BCUT2D eigenvalue weighted by Gasteiger charge is 2.23. The zero-order valence-electron chi connectivity index (χ0n) is 11.6. The maximum Gasteiger partial charge on any atom is 0.251 e. The van der Waals surface area contributed by atoms with E-state index in [4.69, 9.17) is 9.47 Å². The average molecular weight is 278 g/mol. The van der Waals surface area contributed by atoms with Crippen LogP contribution in [-0.4, -0.2) is 38.6 Å². The van der Waals surface area contributed by atoms with Gasteiger partial charge >= 0.3 is 0 Å². The van der Waals surface area contributed by atoms with Crippen LogP contribution in [0.4, 0.5) is 0 Å². The number of ether oxygens (including phenoxy) is 2. The molecule has 0 aliphatic heterocycles. The summed E-state index contributed by atoms with van der Waals surface area (Å²) in [5, 5.41) is 5.38. The Labute approximate surface area is 117 Å². The largest absolute Gasteiger partial charge is 0.497 e. The second kappa shape index (κ2) is 6.27.